The zero-order valence-corrected chi connectivity index (χ0v) is 12.0. The van der Waals surface area contributed by atoms with E-state index in [1.165, 1.54) is 11.1 Å². The SMILES string of the molecule is CCc1cc(CNCC(C)(C)CN)ccc1OC. The van der Waals surface area contributed by atoms with Gasteiger partial charge in [-0.1, -0.05) is 32.9 Å². The maximum absolute atomic E-state index is 5.71. The standard InChI is InChI=1S/C15H26N2O/c1-5-13-8-12(6-7-14(13)18-4)9-17-11-15(2,3)10-16/h6-8,17H,5,9-11,16H2,1-4H3. The molecule has 0 aliphatic heterocycles. The quantitative estimate of drug-likeness (QED) is 0.781. The minimum Gasteiger partial charge on any atom is -0.496 e. The molecule has 1 rings (SSSR count). The van der Waals surface area contributed by atoms with Crippen LogP contribution >= 0.6 is 0 Å². The van der Waals surface area contributed by atoms with Gasteiger partial charge < -0.3 is 15.8 Å². The molecule has 1 aromatic rings. The molecule has 0 aromatic heterocycles. The number of methoxy groups -OCH3 is 1. The van der Waals surface area contributed by atoms with Gasteiger partial charge in [0.25, 0.3) is 0 Å². The molecule has 0 heterocycles. The molecule has 0 aliphatic carbocycles. The van der Waals surface area contributed by atoms with Gasteiger partial charge in [0.2, 0.25) is 0 Å². The molecule has 0 saturated carbocycles. The largest absolute Gasteiger partial charge is 0.496 e. The van der Waals surface area contributed by atoms with E-state index in [0.29, 0.717) is 6.54 Å². The summed E-state index contributed by atoms with van der Waals surface area (Å²) in [5, 5.41) is 3.46. The molecule has 0 fully saturated rings. The molecule has 1 aromatic carbocycles. The van der Waals surface area contributed by atoms with Gasteiger partial charge >= 0.3 is 0 Å². The maximum Gasteiger partial charge on any atom is 0.122 e. The number of nitrogens with two attached hydrogens (primary N) is 1. The first-order valence-electron chi connectivity index (χ1n) is 6.59. The Kier molecular flexibility index (Phi) is 5.63. The van der Waals surface area contributed by atoms with Crippen LogP contribution in [-0.2, 0) is 13.0 Å². The molecule has 0 aliphatic rings. The molecule has 3 nitrogen and oxygen atoms in total. The van der Waals surface area contributed by atoms with Crippen LogP contribution in [0.2, 0.25) is 0 Å². The minimum absolute atomic E-state index is 0.153. The van der Waals surface area contributed by atoms with Crippen molar-refractivity contribution >= 4 is 0 Å². The molecule has 0 atom stereocenters. The molecule has 18 heavy (non-hydrogen) atoms. The highest BCUT2D eigenvalue weighted by Gasteiger charge is 2.14. The van der Waals surface area contributed by atoms with Gasteiger partial charge in [0.15, 0.2) is 0 Å². The van der Waals surface area contributed by atoms with Crippen molar-refractivity contribution < 1.29 is 4.74 Å². The Bertz CT molecular complexity index is 375. The van der Waals surface area contributed by atoms with Gasteiger partial charge in [0.05, 0.1) is 7.11 Å². The van der Waals surface area contributed by atoms with Crippen molar-refractivity contribution in [2.45, 2.75) is 33.7 Å². The molecule has 0 saturated heterocycles. The first kappa shape index (κ1) is 15.0. The second-order valence-electron chi connectivity index (χ2n) is 5.47. The number of nitrogens with one attached hydrogen (secondary N) is 1. The normalized spacial score (nSPS) is 11.6. The van der Waals surface area contributed by atoms with Gasteiger partial charge in [-0.25, -0.2) is 0 Å². The highest BCUT2D eigenvalue weighted by molar-refractivity contribution is 5.37. The molecular weight excluding hydrogens is 224 g/mol. The van der Waals surface area contributed by atoms with Crippen LogP contribution in [0.25, 0.3) is 0 Å². The van der Waals surface area contributed by atoms with Crippen LogP contribution in [0.5, 0.6) is 5.75 Å². The predicted molar refractivity (Wildman–Crippen MR) is 76.9 cm³/mol. The van der Waals surface area contributed by atoms with Crippen molar-refractivity contribution in [2.75, 3.05) is 20.2 Å². The minimum atomic E-state index is 0.153. The predicted octanol–water partition coefficient (Wildman–Crippen LogP) is 2.33. The Hall–Kier alpha value is -1.06. The fraction of sp³-hybridized carbons (Fsp3) is 0.600. The number of ether oxygens (including phenoxy) is 1. The first-order valence-corrected chi connectivity index (χ1v) is 6.59. The molecular formula is C15H26N2O. The van der Waals surface area contributed by atoms with Crippen molar-refractivity contribution in [3.8, 4) is 5.75 Å². The lowest BCUT2D eigenvalue weighted by molar-refractivity contribution is 0.351. The molecule has 0 spiro atoms. The lowest BCUT2D eigenvalue weighted by Gasteiger charge is -2.22. The van der Waals surface area contributed by atoms with Crippen molar-refractivity contribution in [3.05, 3.63) is 29.3 Å². The number of hydrogen-bond donors (Lipinski definition) is 2. The van der Waals surface area contributed by atoms with E-state index in [4.69, 9.17) is 10.5 Å². The van der Waals surface area contributed by atoms with E-state index < -0.39 is 0 Å². The number of benzene rings is 1. The molecule has 0 amide bonds. The van der Waals surface area contributed by atoms with E-state index in [-0.39, 0.29) is 5.41 Å². The molecule has 102 valence electrons. The molecule has 0 bridgehead atoms. The number of rotatable bonds is 7. The third-order valence-electron chi connectivity index (χ3n) is 3.21. The van der Waals surface area contributed by atoms with Crippen molar-refractivity contribution in [2.24, 2.45) is 11.1 Å². The van der Waals surface area contributed by atoms with E-state index in [9.17, 15) is 0 Å². The zero-order valence-electron chi connectivity index (χ0n) is 12.0. The van der Waals surface area contributed by atoms with Crippen LogP contribution in [0.3, 0.4) is 0 Å². The van der Waals surface area contributed by atoms with E-state index >= 15 is 0 Å². The van der Waals surface area contributed by atoms with E-state index in [0.717, 1.165) is 25.3 Å². The summed E-state index contributed by atoms with van der Waals surface area (Å²) in [7, 11) is 1.72. The second kappa shape index (κ2) is 6.76. The summed E-state index contributed by atoms with van der Waals surface area (Å²) in [4.78, 5) is 0. The Labute approximate surface area is 111 Å². The summed E-state index contributed by atoms with van der Waals surface area (Å²) >= 11 is 0. The van der Waals surface area contributed by atoms with Gasteiger partial charge in [-0.05, 0) is 35.6 Å². The average molecular weight is 250 g/mol. The van der Waals surface area contributed by atoms with Crippen molar-refractivity contribution in [1.82, 2.24) is 5.32 Å². The van der Waals surface area contributed by atoms with Gasteiger partial charge in [-0.3, -0.25) is 0 Å². The maximum atomic E-state index is 5.71. The van der Waals surface area contributed by atoms with Gasteiger partial charge in [0, 0.05) is 13.1 Å². The van der Waals surface area contributed by atoms with Gasteiger partial charge in [-0.15, -0.1) is 0 Å². The molecule has 3 heteroatoms. The van der Waals surface area contributed by atoms with Crippen LogP contribution in [0.1, 0.15) is 31.9 Å². The Morgan fingerprint density at radius 1 is 1.33 bits per heavy atom. The Morgan fingerprint density at radius 2 is 2.06 bits per heavy atom. The van der Waals surface area contributed by atoms with E-state index in [1.54, 1.807) is 7.11 Å². The van der Waals surface area contributed by atoms with E-state index in [1.807, 2.05) is 6.07 Å². The fourth-order valence-electron chi connectivity index (χ4n) is 1.84. The smallest absolute Gasteiger partial charge is 0.122 e. The van der Waals surface area contributed by atoms with E-state index in [2.05, 4.69) is 38.2 Å². The van der Waals surface area contributed by atoms with Gasteiger partial charge in [-0.2, -0.15) is 0 Å². The third kappa shape index (κ3) is 4.31. The van der Waals surface area contributed by atoms with Crippen LogP contribution in [0.15, 0.2) is 18.2 Å². The summed E-state index contributed by atoms with van der Waals surface area (Å²) in [5.74, 6) is 0.975. The Morgan fingerprint density at radius 3 is 2.61 bits per heavy atom. The summed E-state index contributed by atoms with van der Waals surface area (Å²) in [6.07, 6.45) is 0.991. The Balaban J connectivity index is 2.58. The number of hydrogen-bond acceptors (Lipinski definition) is 3. The summed E-state index contributed by atoms with van der Waals surface area (Å²) in [6.45, 7) is 8.99. The van der Waals surface area contributed by atoms with Crippen LogP contribution in [0, 0.1) is 5.41 Å². The lowest BCUT2D eigenvalue weighted by Crippen LogP contribution is -2.35. The van der Waals surface area contributed by atoms with Crippen LogP contribution in [-0.4, -0.2) is 20.2 Å². The zero-order chi connectivity index (χ0) is 13.6. The third-order valence-corrected chi connectivity index (χ3v) is 3.21. The van der Waals surface area contributed by atoms with Crippen molar-refractivity contribution in [3.63, 3.8) is 0 Å². The topological polar surface area (TPSA) is 47.3 Å². The monoisotopic (exact) mass is 250 g/mol. The molecule has 0 unspecified atom stereocenters. The van der Waals surface area contributed by atoms with Crippen LogP contribution in [0.4, 0.5) is 0 Å². The highest BCUT2D eigenvalue weighted by Crippen LogP contribution is 2.20. The first-order chi connectivity index (χ1) is 8.52. The summed E-state index contributed by atoms with van der Waals surface area (Å²) in [6, 6.07) is 6.37. The average Bonchev–Trinajstić information content (AvgIpc) is 2.38. The van der Waals surface area contributed by atoms with Crippen molar-refractivity contribution in [1.29, 1.82) is 0 Å². The highest BCUT2D eigenvalue weighted by atomic mass is 16.5. The molecule has 3 N–H and O–H groups in total. The molecule has 0 radical (unpaired) electrons. The number of aryl methyl sites for hydroxylation is 1. The lowest BCUT2D eigenvalue weighted by atomic mass is 9.94. The second-order valence-corrected chi connectivity index (χ2v) is 5.47. The van der Waals surface area contributed by atoms with Crippen LogP contribution < -0.4 is 15.8 Å². The summed E-state index contributed by atoms with van der Waals surface area (Å²) in [5.41, 5.74) is 8.42. The van der Waals surface area contributed by atoms with Gasteiger partial charge in [0.1, 0.15) is 5.75 Å². The fourth-order valence-corrected chi connectivity index (χ4v) is 1.84. The summed E-state index contributed by atoms with van der Waals surface area (Å²) < 4.78 is 5.33.